The molecule has 0 bridgehead atoms. The van der Waals surface area contributed by atoms with Crippen molar-refractivity contribution in [1.29, 1.82) is 0 Å². The predicted octanol–water partition coefficient (Wildman–Crippen LogP) is 3.43. The Balaban J connectivity index is 3.02. The van der Waals surface area contributed by atoms with Crippen LogP contribution in [0.25, 0.3) is 0 Å². The van der Waals surface area contributed by atoms with Crippen LogP contribution >= 0.6 is 0 Å². The number of rotatable bonds is 4. The normalized spacial score (nSPS) is 12.1. The fraction of sp³-hybridized carbons (Fsp3) is 0.417. The molecule has 118 valence electrons. The van der Waals surface area contributed by atoms with Crippen molar-refractivity contribution in [3.63, 3.8) is 0 Å². The number of hydrogen-bond donors (Lipinski definition) is 2. The average molecular weight is 314 g/mol. The van der Waals surface area contributed by atoms with Crippen LogP contribution in [0.1, 0.15) is 22.8 Å². The van der Waals surface area contributed by atoms with Gasteiger partial charge in [0.15, 0.2) is 0 Å². The second-order valence-corrected chi connectivity index (χ2v) is 4.09. The number of carbonyl (C=O) groups is 1. The Morgan fingerprint density at radius 1 is 1.14 bits per heavy atom. The second-order valence-electron chi connectivity index (χ2n) is 4.09. The van der Waals surface area contributed by atoms with E-state index < -0.39 is 35.9 Å². The Bertz CT molecular complexity index is 509. The van der Waals surface area contributed by atoms with Crippen molar-refractivity contribution in [1.82, 2.24) is 5.32 Å². The Kier molecular flexibility index (Phi) is 5.08. The molecule has 1 aromatic rings. The smallest absolute Gasteiger partial charge is 0.385 e. The molecule has 3 nitrogen and oxygen atoms in total. The van der Waals surface area contributed by atoms with Crippen LogP contribution in [-0.4, -0.2) is 25.2 Å². The Morgan fingerprint density at radius 2 is 1.76 bits per heavy atom. The van der Waals surface area contributed by atoms with Crippen LogP contribution in [0.15, 0.2) is 18.2 Å². The Morgan fingerprint density at radius 3 is 2.24 bits per heavy atom. The summed E-state index contributed by atoms with van der Waals surface area (Å²) in [6.45, 7) is 0.203. The summed E-state index contributed by atoms with van der Waals surface area (Å²) >= 11 is 0. The van der Waals surface area contributed by atoms with Gasteiger partial charge in [-0.15, -0.1) is 0 Å². The molecule has 1 aromatic carbocycles. The van der Waals surface area contributed by atoms with E-state index in [1.807, 2.05) is 0 Å². The number of hydrogen-bond acceptors (Lipinski definition) is 2. The van der Waals surface area contributed by atoms with Crippen molar-refractivity contribution >= 4 is 11.6 Å². The van der Waals surface area contributed by atoms with Gasteiger partial charge in [-0.2, -0.15) is 26.3 Å². The summed E-state index contributed by atoms with van der Waals surface area (Å²) < 4.78 is 74.4. The summed E-state index contributed by atoms with van der Waals surface area (Å²) in [4.78, 5) is 11.4. The molecule has 0 radical (unpaired) electrons. The molecule has 0 heterocycles. The number of benzene rings is 1. The molecule has 2 N–H and O–H groups in total. The maximum atomic E-state index is 12.8. The summed E-state index contributed by atoms with van der Waals surface area (Å²) in [5.41, 5.74) is -1.84. The van der Waals surface area contributed by atoms with Crippen molar-refractivity contribution < 1.29 is 31.1 Å². The van der Waals surface area contributed by atoms with Crippen LogP contribution in [0, 0.1) is 0 Å². The standard InChI is InChI=1S/C12H12F6N2O/c1-2-19-9-4-3-7(5-8(9)12(16,17)18)10(21)20-6-11(13,14)15/h3-5,19H,2,6H2,1H3,(H,20,21). The minimum absolute atomic E-state index is 0.225. The third kappa shape index (κ3) is 5.16. The van der Waals surface area contributed by atoms with Crippen LogP contribution < -0.4 is 10.6 Å². The van der Waals surface area contributed by atoms with E-state index in [1.54, 1.807) is 6.92 Å². The third-order valence-electron chi connectivity index (χ3n) is 2.40. The first-order valence-corrected chi connectivity index (χ1v) is 5.84. The van der Waals surface area contributed by atoms with E-state index in [-0.39, 0.29) is 12.2 Å². The molecule has 0 saturated heterocycles. The van der Waals surface area contributed by atoms with Gasteiger partial charge in [0, 0.05) is 17.8 Å². The van der Waals surface area contributed by atoms with Gasteiger partial charge < -0.3 is 10.6 Å². The molecule has 21 heavy (non-hydrogen) atoms. The van der Waals surface area contributed by atoms with Crippen LogP contribution in [0.2, 0.25) is 0 Å². The summed E-state index contributed by atoms with van der Waals surface area (Å²) in [5.74, 6) is -1.22. The lowest BCUT2D eigenvalue weighted by Crippen LogP contribution is -2.33. The highest BCUT2D eigenvalue weighted by Crippen LogP contribution is 2.35. The minimum Gasteiger partial charge on any atom is -0.385 e. The van der Waals surface area contributed by atoms with E-state index in [1.165, 1.54) is 5.32 Å². The van der Waals surface area contributed by atoms with Gasteiger partial charge in [0.2, 0.25) is 0 Å². The van der Waals surface area contributed by atoms with E-state index in [9.17, 15) is 31.1 Å². The number of nitrogens with one attached hydrogen (secondary N) is 2. The summed E-state index contributed by atoms with van der Waals surface area (Å²) in [6.07, 6.45) is -9.36. The predicted molar refractivity (Wildman–Crippen MR) is 64.0 cm³/mol. The number of anilines is 1. The quantitative estimate of drug-likeness (QED) is 0.836. The highest BCUT2D eigenvalue weighted by atomic mass is 19.4. The summed E-state index contributed by atoms with van der Waals surface area (Å²) in [5, 5.41) is 3.99. The van der Waals surface area contributed by atoms with Gasteiger partial charge in [0.05, 0.1) is 5.56 Å². The van der Waals surface area contributed by atoms with Gasteiger partial charge in [-0.1, -0.05) is 0 Å². The zero-order valence-corrected chi connectivity index (χ0v) is 10.8. The fourth-order valence-corrected chi connectivity index (χ4v) is 1.55. The van der Waals surface area contributed by atoms with Crippen molar-refractivity contribution in [2.45, 2.75) is 19.3 Å². The van der Waals surface area contributed by atoms with E-state index in [2.05, 4.69) is 5.32 Å². The zero-order chi connectivity index (χ0) is 16.3. The second kappa shape index (κ2) is 6.23. The minimum atomic E-state index is -4.72. The Hall–Kier alpha value is -1.93. The maximum absolute atomic E-state index is 12.8. The van der Waals surface area contributed by atoms with Crippen molar-refractivity contribution in [2.75, 3.05) is 18.4 Å². The Labute approximate surface area is 116 Å². The zero-order valence-electron chi connectivity index (χ0n) is 10.8. The molecule has 1 amide bonds. The first kappa shape index (κ1) is 17.1. The lowest BCUT2D eigenvalue weighted by Gasteiger charge is -2.15. The van der Waals surface area contributed by atoms with Gasteiger partial charge in [-0.25, -0.2) is 0 Å². The molecular formula is C12H12F6N2O. The number of halogens is 6. The molecule has 1 rings (SSSR count). The molecule has 0 aliphatic rings. The molecule has 0 atom stereocenters. The first-order chi connectivity index (χ1) is 9.54. The first-order valence-electron chi connectivity index (χ1n) is 5.84. The molecule has 0 saturated carbocycles. The lowest BCUT2D eigenvalue weighted by molar-refractivity contribution is -0.137. The van der Waals surface area contributed by atoms with Crippen molar-refractivity contribution in [3.05, 3.63) is 29.3 Å². The highest BCUT2D eigenvalue weighted by Gasteiger charge is 2.34. The highest BCUT2D eigenvalue weighted by molar-refractivity contribution is 5.95. The summed E-state index contributed by atoms with van der Waals surface area (Å²) in [7, 11) is 0. The molecule has 0 unspecified atom stereocenters. The van der Waals surface area contributed by atoms with Crippen LogP contribution in [0.3, 0.4) is 0 Å². The molecule has 0 aliphatic heterocycles. The van der Waals surface area contributed by atoms with E-state index >= 15 is 0 Å². The van der Waals surface area contributed by atoms with E-state index in [0.29, 0.717) is 6.07 Å². The van der Waals surface area contributed by atoms with Crippen LogP contribution in [-0.2, 0) is 6.18 Å². The lowest BCUT2D eigenvalue weighted by atomic mass is 10.1. The van der Waals surface area contributed by atoms with Gasteiger partial charge in [0.1, 0.15) is 6.54 Å². The topological polar surface area (TPSA) is 41.1 Å². The molecular weight excluding hydrogens is 302 g/mol. The molecule has 0 aromatic heterocycles. The maximum Gasteiger partial charge on any atom is 0.418 e. The van der Waals surface area contributed by atoms with Gasteiger partial charge in [-0.3, -0.25) is 4.79 Å². The fourth-order valence-electron chi connectivity index (χ4n) is 1.55. The van der Waals surface area contributed by atoms with E-state index in [0.717, 1.165) is 12.1 Å². The number of carbonyl (C=O) groups excluding carboxylic acids is 1. The molecule has 0 fully saturated rings. The number of amides is 1. The molecule has 0 spiro atoms. The van der Waals surface area contributed by atoms with Crippen molar-refractivity contribution in [2.24, 2.45) is 0 Å². The molecule has 9 heteroatoms. The largest absolute Gasteiger partial charge is 0.418 e. The van der Waals surface area contributed by atoms with Crippen LogP contribution in [0.4, 0.5) is 32.0 Å². The molecule has 0 aliphatic carbocycles. The van der Waals surface area contributed by atoms with Gasteiger partial charge in [0.25, 0.3) is 5.91 Å². The van der Waals surface area contributed by atoms with Crippen molar-refractivity contribution in [3.8, 4) is 0 Å². The SMILES string of the molecule is CCNc1ccc(C(=O)NCC(F)(F)F)cc1C(F)(F)F. The van der Waals surface area contributed by atoms with Gasteiger partial charge >= 0.3 is 12.4 Å². The van der Waals surface area contributed by atoms with Gasteiger partial charge in [-0.05, 0) is 25.1 Å². The van der Waals surface area contributed by atoms with E-state index in [4.69, 9.17) is 0 Å². The average Bonchev–Trinajstić information content (AvgIpc) is 2.34. The van der Waals surface area contributed by atoms with Crippen LogP contribution in [0.5, 0.6) is 0 Å². The summed E-state index contributed by atoms with van der Waals surface area (Å²) in [6, 6.07) is 2.55. The number of alkyl halides is 6. The third-order valence-corrected chi connectivity index (χ3v) is 2.40. The monoisotopic (exact) mass is 314 g/mol.